The van der Waals surface area contributed by atoms with Gasteiger partial charge in [0.1, 0.15) is 5.03 Å². The Labute approximate surface area is 185 Å². The van der Waals surface area contributed by atoms with Gasteiger partial charge in [-0.05, 0) is 54.2 Å². The maximum Gasteiger partial charge on any atom is 0.303 e. The summed E-state index contributed by atoms with van der Waals surface area (Å²) in [5.74, 6) is -0.515. The normalized spacial score (nSPS) is 15.7. The van der Waals surface area contributed by atoms with Crippen molar-refractivity contribution in [3.05, 3.63) is 89.7 Å². The molecule has 0 aliphatic carbocycles. The minimum atomic E-state index is -0.705. The van der Waals surface area contributed by atoms with Gasteiger partial charge < -0.3 is 9.67 Å². The molecule has 31 heavy (non-hydrogen) atoms. The number of hydrogen-bond acceptors (Lipinski definition) is 3. The van der Waals surface area contributed by atoms with Gasteiger partial charge in [0, 0.05) is 47.1 Å². The quantitative estimate of drug-likeness (QED) is 0.421. The van der Waals surface area contributed by atoms with Crippen molar-refractivity contribution in [3.8, 4) is 0 Å². The lowest BCUT2D eigenvalue weighted by atomic mass is 9.92. The number of para-hydroxylation sites is 1. The molecule has 2 aromatic carbocycles. The fraction of sp³-hybridized carbons (Fsp3) is 0.231. The molecule has 1 N–H and O–H groups in total. The predicted octanol–water partition coefficient (Wildman–Crippen LogP) is 5.82. The third-order valence-corrected chi connectivity index (χ3v) is 7.13. The lowest BCUT2D eigenvalue weighted by molar-refractivity contribution is -0.138. The number of benzene rings is 2. The second-order valence-corrected chi connectivity index (χ2v) is 9.18. The predicted molar refractivity (Wildman–Crippen MR) is 124 cm³/mol. The molecule has 4 nitrogen and oxygen atoms in total. The van der Waals surface area contributed by atoms with Gasteiger partial charge in [-0.2, -0.15) is 0 Å². The van der Waals surface area contributed by atoms with E-state index in [1.807, 2.05) is 18.3 Å². The maximum atomic E-state index is 11.3. The molecule has 1 aliphatic rings. The van der Waals surface area contributed by atoms with Gasteiger partial charge in [-0.25, -0.2) is 4.98 Å². The zero-order valence-corrected chi connectivity index (χ0v) is 18.0. The summed E-state index contributed by atoms with van der Waals surface area (Å²) in [6.07, 6.45) is 4.77. The fourth-order valence-electron chi connectivity index (χ4n) is 4.66. The SMILES string of the molecule is O=C(O)CC1CCc2c(Cc3cccnc3Sc3ccccc3)c3ccccc3n2C1. The van der Waals surface area contributed by atoms with Crippen molar-refractivity contribution in [2.24, 2.45) is 5.92 Å². The Bertz CT molecular complexity index is 1230. The third-order valence-electron chi connectivity index (χ3n) is 6.06. The summed E-state index contributed by atoms with van der Waals surface area (Å²) < 4.78 is 2.36. The number of rotatable bonds is 6. The number of aromatic nitrogens is 2. The summed E-state index contributed by atoms with van der Waals surface area (Å²) in [5, 5.41) is 11.6. The number of carbonyl (C=O) groups is 1. The van der Waals surface area contributed by atoms with Crippen LogP contribution in [-0.2, 0) is 24.2 Å². The van der Waals surface area contributed by atoms with Gasteiger partial charge in [-0.3, -0.25) is 4.79 Å². The first kappa shape index (κ1) is 19.9. The van der Waals surface area contributed by atoms with Crippen LogP contribution < -0.4 is 0 Å². The summed E-state index contributed by atoms with van der Waals surface area (Å²) in [5.41, 5.74) is 5.14. The standard InChI is InChI=1S/C26H24N2O2S/c29-25(30)15-18-12-13-24-22(21-10-4-5-11-23(21)28(24)17-18)16-19-7-6-14-27-26(19)31-20-8-2-1-3-9-20/h1-11,14,18H,12-13,15-17H2,(H,29,30). The molecule has 0 bridgehead atoms. The number of carboxylic acids is 1. The van der Waals surface area contributed by atoms with Crippen LogP contribution in [0.2, 0.25) is 0 Å². The van der Waals surface area contributed by atoms with Crippen molar-refractivity contribution in [2.45, 2.75) is 42.1 Å². The van der Waals surface area contributed by atoms with Crippen molar-refractivity contribution in [3.63, 3.8) is 0 Å². The molecule has 1 aliphatic heterocycles. The molecule has 0 saturated heterocycles. The van der Waals surface area contributed by atoms with Crippen molar-refractivity contribution >= 4 is 28.6 Å². The second-order valence-electron chi connectivity index (χ2n) is 8.12. The summed E-state index contributed by atoms with van der Waals surface area (Å²) in [4.78, 5) is 17.1. The molecule has 0 fully saturated rings. The molecule has 1 unspecified atom stereocenters. The van der Waals surface area contributed by atoms with E-state index >= 15 is 0 Å². The largest absolute Gasteiger partial charge is 0.481 e. The average Bonchev–Trinajstić information content (AvgIpc) is 3.09. The fourth-order valence-corrected chi connectivity index (χ4v) is 5.57. The van der Waals surface area contributed by atoms with E-state index in [0.717, 1.165) is 30.8 Å². The minimum Gasteiger partial charge on any atom is -0.481 e. The third kappa shape index (κ3) is 4.10. The zero-order valence-electron chi connectivity index (χ0n) is 17.2. The van der Waals surface area contributed by atoms with E-state index in [9.17, 15) is 9.90 Å². The Hall–Kier alpha value is -3.05. The minimum absolute atomic E-state index is 0.191. The molecular weight excluding hydrogens is 404 g/mol. The maximum absolute atomic E-state index is 11.3. The van der Waals surface area contributed by atoms with E-state index in [2.05, 4.69) is 64.1 Å². The lowest BCUT2D eigenvalue weighted by Gasteiger charge is -2.25. The molecule has 2 aromatic heterocycles. The van der Waals surface area contributed by atoms with Crippen LogP contribution in [0.3, 0.4) is 0 Å². The molecule has 4 aromatic rings. The summed E-state index contributed by atoms with van der Waals surface area (Å²) in [6.45, 7) is 0.779. The molecule has 1 atom stereocenters. The van der Waals surface area contributed by atoms with E-state index in [1.165, 1.54) is 32.6 Å². The number of carboxylic acid groups (broad SMARTS) is 1. The first-order valence-electron chi connectivity index (χ1n) is 10.7. The highest BCUT2D eigenvalue weighted by Gasteiger charge is 2.26. The summed E-state index contributed by atoms with van der Waals surface area (Å²) >= 11 is 1.70. The van der Waals surface area contributed by atoms with Crippen LogP contribution in [-0.4, -0.2) is 20.6 Å². The van der Waals surface area contributed by atoms with Crippen molar-refractivity contribution in [2.75, 3.05) is 0 Å². The van der Waals surface area contributed by atoms with E-state index < -0.39 is 5.97 Å². The Kier molecular flexibility index (Phi) is 5.51. The molecule has 0 spiro atoms. The van der Waals surface area contributed by atoms with Crippen LogP contribution in [0.15, 0.2) is 82.8 Å². The van der Waals surface area contributed by atoms with Crippen LogP contribution in [0.5, 0.6) is 0 Å². The molecule has 0 saturated carbocycles. The van der Waals surface area contributed by atoms with Gasteiger partial charge in [0.25, 0.3) is 0 Å². The number of aliphatic carboxylic acids is 1. The van der Waals surface area contributed by atoms with Gasteiger partial charge in [-0.1, -0.05) is 54.2 Å². The van der Waals surface area contributed by atoms with Crippen LogP contribution in [0.1, 0.15) is 29.7 Å². The molecule has 0 amide bonds. The van der Waals surface area contributed by atoms with Gasteiger partial charge in [0.05, 0.1) is 0 Å². The average molecular weight is 429 g/mol. The lowest BCUT2D eigenvalue weighted by Crippen LogP contribution is -2.22. The zero-order chi connectivity index (χ0) is 21.2. The first-order chi connectivity index (χ1) is 15.2. The van der Waals surface area contributed by atoms with E-state index in [4.69, 9.17) is 0 Å². The number of nitrogens with zero attached hydrogens (tertiary/aromatic N) is 2. The number of pyridine rings is 1. The second kappa shape index (κ2) is 8.60. The highest BCUT2D eigenvalue weighted by molar-refractivity contribution is 7.99. The molecule has 5 rings (SSSR count). The van der Waals surface area contributed by atoms with Crippen molar-refractivity contribution < 1.29 is 9.90 Å². The van der Waals surface area contributed by atoms with E-state index in [1.54, 1.807) is 11.8 Å². The highest BCUT2D eigenvalue weighted by atomic mass is 32.2. The van der Waals surface area contributed by atoms with Crippen LogP contribution >= 0.6 is 11.8 Å². The molecular formula is C26H24N2O2S. The Morgan fingerprint density at radius 2 is 1.87 bits per heavy atom. The number of fused-ring (bicyclic) bond motifs is 3. The van der Waals surface area contributed by atoms with Crippen LogP contribution in [0, 0.1) is 5.92 Å². The smallest absolute Gasteiger partial charge is 0.303 e. The summed E-state index contributed by atoms with van der Waals surface area (Å²) in [7, 11) is 0. The number of hydrogen-bond donors (Lipinski definition) is 1. The van der Waals surface area contributed by atoms with E-state index in [-0.39, 0.29) is 12.3 Å². The van der Waals surface area contributed by atoms with Gasteiger partial charge in [0.15, 0.2) is 0 Å². The van der Waals surface area contributed by atoms with E-state index in [0.29, 0.717) is 0 Å². The monoisotopic (exact) mass is 428 g/mol. The van der Waals surface area contributed by atoms with Crippen molar-refractivity contribution in [1.82, 2.24) is 9.55 Å². The molecule has 0 radical (unpaired) electrons. The molecule has 5 heteroatoms. The van der Waals surface area contributed by atoms with Gasteiger partial charge >= 0.3 is 5.97 Å². The Morgan fingerprint density at radius 1 is 1.06 bits per heavy atom. The Morgan fingerprint density at radius 3 is 2.71 bits per heavy atom. The molecule has 3 heterocycles. The summed E-state index contributed by atoms with van der Waals surface area (Å²) in [6, 6.07) is 23.1. The van der Waals surface area contributed by atoms with Gasteiger partial charge in [-0.15, -0.1) is 0 Å². The Balaban J connectivity index is 1.52. The molecule has 156 valence electrons. The van der Waals surface area contributed by atoms with Crippen molar-refractivity contribution in [1.29, 1.82) is 0 Å². The van der Waals surface area contributed by atoms with Crippen LogP contribution in [0.4, 0.5) is 0 Å². The van der Waals surface area contributed by atoms with Gasteiger partial charge in [0.2, 0.25) is 0 Å². The van der Waals surface area contributed by atoms with Crippen LogP contribution in [0.25, 0.3) is 10.9 Å². The highest BCUT2D eigenvalue weighted by Crippen LogP contribution is 2.36. The topological polar surface area (TPSA) is 55.1 Å². The first-order valence-corrected chi connectivity index (χ1v) is 11.5.